The van der Waals surface area contributed by atoms with Crippen LogP contribution in [0.25, 0.3) is 0 Å². The lowest BCUT2D eigenvalue weighted by atomic mass is 9.72. The first-order valence-electron chi connectivity index (χ1n) is 22.3. The van der Waals surface area contributed by atoms with Crippen LogP contribution in [0.15, 0.2) is 18.3 Å². The van der Waals surface area contributed by atoms with E-state index in [0.29, 0.717) is 25.9 Å². The summed E-state index contributed by atoms with van der Waals surface area (Å²) in [4.78, 5) is 19.7. The van der Waals surface area contributed by atoms with Crippen molar-refractivity contribution in [1.29, 1.82) is 0 Å². The summed E-state index contributed by atoms with van der Waals surface area (Å²) in [7, 11) is 5.43. The van der Waals surface area contributed by atoms with Crippen LogP contribution >= 0.6 is 0 Å². The van der Waals surface area contributed by atoms with Crippen LogP contribution in [0.5, 0.6) is 0 Å². The van der Waals surface area contributed by atoms with E-state index in [0.717, 1.165) is 12.1 Å². The number of aliphatic hydroxyl groups is 4. The molecule has 3 aliphatic rings. The molecule has 3 fully saturated rings. The number of hydrogen-bond acceptors (Lipinski definition) is 14. The van der Waals surface area contributed by atoms with Gasteiger partial charge in [-0.3, -0.25) is 4.79 Å². The number of nitrogens with zero attached hydrogens (tertiary/aromatic N) is 1. The van der Waals surface area contributed by atoms with E-state index in [1.165, 1.54) is 6.92 Å². The van der Waals surface area contributed by atoms with Gasteiger partial charge in [-0.05, 0) is 105 Å². The van der Waals surface area contributed by atoms with Gasteiger partial charge in [-0.1, -0.05) is 34.6 Å². The average molecular weight is 855 g/mol. The van der Waals surface area contributed by atoms with Crippen molar-refractivity contribution in [3.63, 3.8) is 0 Å². The Labute approximate surface area is 359 Å². The molecular formula is C45H82N4O11. The fraction of sp³-hybridized carbons (Fsp3) is 0.889. The molecule has 3 saturated heterocycles. The molecule has 7 N–H and O–H groups in total. The van der Waals surface area contributed by atoms with Crippen LogP contribution < -0.4 is 10.6 Å². The van der Waals surface area contributed by atoms with Gasteiger partial charge in [-0.25, -0.2) is 0 Å². The van der Waals surface area contributed by atoms with Gasteiger partial charge in [0.05, 0.1) is 36.4 Å². The second-order valence-corrected chi connectivity index (χ2v) is 19.8. The predicted molar refractivity (Wildman–Crippen MR) is 229 cm³/mol. The van der Waals surface area contributed by atoms with Crippen molar-refractivity contribution >= 4 is 5.97 Å². The Balaban J connectivity index is 1.74. The molecule has 4 heterocycles. The summed E-state index contributed by atoms with van der Waals surface area (Å²) in [6.07, 6.45) is -3.34. The standard InChI is InChI=1S/C45H82N4O11/c1-15-34-44(11,53)38(51)26(2)24-48-27(3)22-42(8,9)39(60-41-36(50)33(49(12)13)21-28(4)56-41)29(5)37(30(6)40(52)58-34)59-35-23-43(10,55-14)45(54,31(7)57-35)25-46-20-18-32-17-16-19-47-32/h16-17,19,26-31,33-39,41,46-48,50-51,53-54H,15,18,20-25H2,1-14H3/t26-,27+,28+,29-,30+,31-,33-,34+,35+,36+,37+,38+,39+,41-,43-,44+,45+/m0/s1. The first-order valence-corrected chi connectivity index (χ1v) is 22.3. The van der Waals surface area contributed by atoms with Crippen molar-refractivity contribution in [2.45, 2.75) is 192 Å². The summed E-state index contributed by atoms with van der Waals surface area (Å²) >= 11 is 0. The van der Waals surface area contributed by atoms with Gasteiger partial charge < -0.3 is 69.4 Å². The van der Waals surface area contributed by atoms with E-state index in [2.05, 4.69) is 36.4 Å². The highest BCUT2D eigenvalue weighted by Gasteiger charge is 2.58. The molecule has 17 atom stereocenters. The summed E-state index contributed by atoms with van der Waals surface area (Å²) in [5.41, 5.74) is -3.86. The van der Waals surface area contributed by atoms with E-state index < -0.39 is 89.2 Å². The van der Waals surface area contributed by atoms with Crippen molar-refractivity contribution in [2.24, 2.45) is 23.2 Å². The summed E-state index contributed by atoms with van der Waals surface area (Å²) < 4.78 is 39.2. The number of aliphatic hydroxyl groups excluding tert-OH is 2. The summed E-state index contributed by atoms with van der Waals surface area (Å²) in [5.74, 6) is -2.48. The van der Waals surface area contributed by atoms with E-state index in [9.17, 15) is 25.2 Å². The lowest BCUT2D eigenvalue weighted by Gasteiger charge is -2.54. The molecule has 0 radical (unpaired) electrons. The van der Waals surface area contributed by atoms with Gasteiger partial charge in [0.15, 0.2) is 12.6 Å². The Kier molecular flexibility index (Phi) is 17.7. The molecule has 1 aromatic heterocycles. The number of rotatable bonds is 12. The number of carbonyl (C=O) groups excluding carboxylic acids is 1. The summed E-state index contributed by atoms with van der Waals surface area (Å²) in [6, 6.07) is 3.69. The van der Waals surface area contributed by atoms with Crippen molar-refractivity contribution < 1.29 is 53.6 Å². The lowest BCUT2D eigenvalue weighted by Crippen LogP contribution is -2.70. The van der Waals surface area contributed by atoms with Crippen LogP contribution in [0.3, 0.4) is 0 Å². The quantitative estimate of drug-likeness (QED) is 0.119. The minimum absolute atomic E-state index is 0.0654. The molecule has 1 aromatic rings. The Hall–Kier alpha value is -1.73. The van der Waals surface area contributed by atoms with Crippen LogP contribution in [-0.4, -0.2) is 161 Å². The molecule has 4 rings (SSSR count). The number of methoxy groups -OCH3 is 1. The maximum Gasteiger partial charge on any atom is 0.311 e. The van der Waals surface area contributed by atoms with Crippen molar-refractivity contribution in [2.75, 3.05) is 40.8 Å². The third-order valence-electron chi connectivity index (χ3n) is 14.1. The van der Waals surface area contributed by atoms with Crippen LogP contribution in [0, 0.1) is 23.2 Å². The smallest absolute Gasteiger partial charge is 0.311 e. The van der Waals surface area contributed by atoms with Crippen LogP contribution in [0.1, 0.15) is 108 Å². The van der Waals surface area contributed by atoms with E-state index in [1.54, 1.807) is 21.0 Å². The third-order valence-corrected chi connectivity index (χ3v) is 14.1. The van der Waals surface area contributed by atoms with Gasteiger partial charge in [0.25, 0.3) is 0 Å². The molecule has 0 unspecified atom stereocenters. The SMILES string of the molecule is CC[C@H]1OC(=O)[C@H](C)[C@H](O[C@@H]2C[C@](C)(OC)[C@@](O)(CNCCc3ccc[nH]3)[C@H](C)O2)[C@H](C)[C@@H](O[C@@H]2O[C@H](C)C[C@H](N(C)C)[C@H]2O)C(C)(C)C[C@@H](C)NC[C@H](C)[C@@H](O)[C@]1(C)O. The average Bonchev–Trinajstić information content (AvgIpc) is 3.71. The molecule has 348 valence electrons. The van der Waals surface area contributed by atoms with Gasteiger partial charge >= 0.3 is 5.97 Å². The van der Waals surface area contributed by atoms with Crippen molar-refractivity contribution in [1.82, 2.24) is 20.5 Å². The number of likely N-dealkylation sites (N-methyl/N-ethyl adjacent to an activating group) is 1. The molecule has 0 spiro atoms. The second kappa shape index (κ2) is 20.8. The Morgan fingerprint density at radius 3 is 2.28 bits per heavy atom. The highest BCUT2D eigenvalue weighted by atomic mass is 16.7. The van der Waals surface area contributed by atoms with Gasteiger partial charge in [0, 0.05) is 63.1 Å². The van der Waals surface area contributed by atoms with Gasteiger partial charge in [0.1, 0.15) is 29.0 Å². The van der Waals surface area contributed by atoms with Crippen LogP contribution in [0.2, 0.25) is 0 Å². The molecule has 60 heavy (non-hydrogen) atoms. The van der Waals surface area contributed by atoms with Gasteiger partial charge in [-0.15, -0.1) is 0 Å². The van der Waals surface area contributed by atoms with E-state index in [-0.39, 0.29) is 43.5 Å². The predicted octanol–water partition coefficient (Wildman–Crippen LogP) is 3.36. The monoisotopic (exact) mass is 855 g/mol. The minimum Gasteiger partial charge on any atom is -0.459 e. The minimum atomic E-state index is -1.75. The van der Waals surface area contributed by atoms with Gasteiger partial charge in [-0.2, -0.15) is 0 Å². The largest absolute Gasteiger partial charge is 0.459 e. The number of ether oxygens (including phenoxy) is 6. The van der Waals surface area contributed by atoms with Crippen LogP contribution in [0.4, 0.5) is 0 Å². The van der Waals surface area contributed by atoms with Crippen LogP contribution in [-0.2, 0) is 39.6 Å². The number of H-pyrrole nitrogens is 1. The molecule has 0 aromatic carbocycles. The number of aromatic amines is 1. The normalized spacial score (nSPS) is 43.9. The Morgan fingerprint density at radius 1 is 1.00 bits per heavy atom. The topological polar surface area (TPSA) is 196 Å². The molecule has 0 amide bonds. The number of cyclic esters (lactones) is 1. The zero-order chi connectivity index (χ0) is 45.0. The fourth-order valence-corrected chi connectivity index (χ4v) is 10.1. The van der Waals surface area contributed by atoms with E-state index in [4.69, 9.17) is 28.4 Å². The van der Waals surface area contributed by atoms with Crippen molar-refractivity contribution in [3.8, 4) is 0 Å². The molecule has 0 aliphatic carbocycles. The number of carbonyl (C=O) groups is 1. The first-order chi connectivity index (χ1) is 27.9. The molecule has 15 heteroatoms. The van der Waals surface area contributed by atoms with Crippen molar-refractivity contribution in [3.05, 3.63) is 24.0 Å². The Morgan fingerprint density at radius 2 is 1.68 bits per heavy atom. The van der Waals surface area contributed by atoms with E-state index >= 15 is 0 Å². The molecule has 0 saturated carbocycles. The second-order valence-electron chi connectivity index (χ2n) is 19.8. The summed E-state index contributed by atoms with van der Waals surface area (Å²) in [6.45, 7) is 22.0. The van der Waals surface area contributed by atoms with Gasteiger partial charge in [0.2, 0.25) is 0 Å². The summed E-state index contributed by atoms with van der Waals surface area (Å²) in [5, 5.41) is 54.2. The third kappa shape index (κ3) is 11.5. The zero-order valence-corrected chi connectivity index (χ0v) is 39.1. The lowest BCUT2D eigenvalue weighted by molar-refractivity contribution is -0.334. The molecular weight excluding hydrogens is 773 g/mol. The maximum absolute atomic E-state index is 14.5. The number of nitrogens with one attached hydrogen (secondary N) is 3. The highest BCUT2D eigenvalue weighted by Crippen LogP contribution is 2.44. The first kappa shape index (κ1) is 50.9. The van der Waals surface area contributed by atoms with E-state index in [1.807, 2.05) is 71.9 Å². The molecule has 0 bridgehead atoms. The molecule has 3 aliphatic heterocycles. The number of esters is 1. The zero-order valence-electron chi connectivity index (χ0n) is 39.1. The Bertz CT molecular complexity index is 1470. The number of hydrogen-bond donors (Lipinski definition) is 7. The fourth-order valence-electron chi connectivity index (χ4n) is 10.1. The number of aromatic nitrogens is 1. The highest BCUT2D eigenvalue weighted by molar-refractivity contribution is 5.73. The molecule has 15 nitrogen and oxygen atoms in total. The maximum atomic E-state index is 14.5.